The minimum atomic E-state index is 0.540. The largest absolute Gasteiger partial charge is 0.469 e. The molecule has 3 rings (SSSR count). The summed E-state index contributed by atoms with van der Waals surface area (Å²) < 4.78 is 10.8. The van der Waals surface area contributed by atoms with Gasteiger partial charge in [0.1, 0.15) is 5.76 Å². The highest BCUT2D eigenvalue weighted by Gasteiger charge is 2.15. The van der Waals surface area contributed by atoms with Gasteiger partial charge in [0.15, 0.2) is 5.96 Å². The van der Waals surface area contributed by atoms with Gasteiger partial charge in [0.2, 0.25) is 0 Å². The zero-order valence-corrected chi connectivity index (χ0v) is 14.6. The predicted molar refractivity (Wildman–Crippen MR) is 99.8 cm³/mol. The number of aliphatic imine (C=N–C) groups is 1. The molecule has 2 heterocycles. The average molecular weight is 341 g/mol. The highest BCUT2D eigenvalue weighted by molar-refractivity contribution is 5.79. The van der Waals surface area contributed by atoms with Crippen LogP contribution in [0.3, 0.4) is 0 Å². The topological polar surface area (TPSA) is 58.8 Å². The number of ether oxygens (including phenoxy) is 1. The lowest BCUT2D eigenvalue weighted by atomic mass is 10.1. The van der Waals surface area contributed by atoms with Crippen molar-refractivity contribution in [1.29, 1.82) is 0 Å². The maximum Gasteiger partial charge on any atom is 0.191 e. The molecule has 2 N–H and O–H groups in total. The molecule has 2 aromatic rings. The number of hydrogen-bond acceptors (Lipinski definition) is 3. The van der Waals surface area contributed by atoms with E-state index >= 15 is 0 Å². The van der Waals surface area contributed by atoms with Gasteiger partial charge in [-0.25, -0.2) is 0 Å². The zero-order chi connectivity index (χ0) is 17.2. The number of guanidine groups is 1. The summed E-state index contributed by atoms with van der Waals surface area (Å²) in [6, 6.07) is 14.4. The van der Waals surface area contributed by atoms with Crippen molar-refractivity contribution in [1.82, 2.24) is 10.6 Å². The Kier molecular flexibility index (Phi) is 6.94. The van der Waals surface area contributed by atoms with Crippen LogP contribution in [-0.2, 0) is 17.6 Å². The van der Waals surface area contributed by atoms with Crippen LogP contribution in [-0.4, -0.2) is 38.8 Å². The molecule has 0 aliphatic carbocycles. The second kappa shape index (κ2) is 9.89. The molecule has 1 atom stereocenters. The monoisotopic (exact) mass is 341 g/mol. The lowest BCUT2D eigenvalue weighted by molar-refractivity contribution is 0.187. The molecule has 1 saturated heterocycles. The minimum absolute atomic E-state index is 0.540. The van der Waals surface area contributed by atoms with Gasteiger partial charge in [-0.3, -0.25) is 4.99 Å². The van der Waals surface area contributed by atoms with Crippen molar-refractivity contribution in [2.24, 2.45) is 10.9 Å². The smallest absolute Gasteiger partial charge is 0.191 e. The van der Waals surface area contributed by atoms with Crippen LogP contribution in [0.1, 0.15) is 17.7 Å². The normalized spacial score (nSPS) is 17.6. The quantitative estimate of drug-likeness (QED) is 0.572. The standard InChI is InChI=1S/C20H27N3O2/c1-2-5-17(6-3-1)8-11-21-20(23-15-18-10-14-24-16-18)22-12-9-19-7-4-13-25-19/h1-7,13,18H,8-12,14-16H2,(H2,21,22,23). The Morgan fingerprint density at radius 2 is 1.88 bits per heavy atom. The maximum atomic E-state index is 5.44. The Morgan fingerprint density at radius 3 is 2.60 bits per heavy atom. The summed E-state index contributed by atoms with van der Waals surface area (Å²) in [4.78, 5) is 4.74. The summed E-state index contributed by atoms with van der Waals surface area (Å²) in [5.41, 5.74) is 1.33. The van der Waals surface area contributed by atoms with E-state index in [1.54, 1.807) is 6.26 Å². The van der Waals surface area contributed by atoms with Crippen molar-refractivity contribution < 1.29 is 9.15 Å². The van der Waals surface area contributed by atoms with E-state index in [1.807, 2.05) is 18.2 Å². The lowest BCUT2D eigenvalue weighted by Gasteiger charge is -2.13. The average Bonchev–Trinajstić information content (AvgIpc) is 3.34. The highest BCUT2D eigenvalue weighted by atomic mass is 16.5. The number of rotatable bonds is 8. The molecule has 0 radical (unpaired) electrons. The molecule has 0 spiro atoms. The third-order valence-corrected chi connectivity index (χ3v) is 4.32. The molecule has 1 aromatic heterocycles. The number of nitrogens with one attached hydrogen (secondary N) is 2. The van der Waals surface area contributed by atoms with Crippen molar-refractivity contribution in [2.75, 3.05) is 32.8 Å². The summed E-state index contributed by atoms with van der Waals surface area (Å²) in [7, 11) is 0. The van der Waals surface area contributed by atoms with Crippen molar-refractivity contribution >= 4 is 5.96 Å². The maximum absolute atomic E-state index is 5.44. The van der Waals surface area contributed by atoms with Gasteiger partial charge in [-0.05, 0) is 30.5 Å². The van der Waals surface area contributed by atoms with E-state index in [9.17, 15) is 0 Å². The third kappa shape index (κ3) is 6.27. The van der Waals surface area contributed by atoms with Crippen LogP contribution in [0.5, 0.6) is 0 Å². The van der Waals surface area contributed by atoms with Gasteiger partial charge in [-0.15, -0.1) is 0 Å². The molecule has 1 aliphatic rings. The summed E-state index contributed by atoms with van der Waals surface area (Å²) >= 11 is 0. The van der Waals surface area contributed by atoms with Gasteiger partial charge in [0, 0.05) is 38.6 Å². The summed E-state index contributed by atoms with van der Waals surface area (Å²) in [5, 5.41) is 6.85. The van der Waals surface area contributed by atoms with Crippen molar-refractivity contribution in [3.05, 3.63) is 60.1 Å². The third-order valence-electron chi connectivity index (χ3n) is 4.32. The summed E-state index contributed by atoms with van der Waals surface area (Å²) in [5.74, 6) is 2.40. The number of hydrogen-bond donors (Lipinski definition) is 2. The van der Waals surface area contributed by atoms with Gasteiger partial charge in [-0.1, -0.05) is 30.3 Å². The Bertz CT molecular complexity index is 620. The van der Waals surface area contributed by atoms with Gasteiger partial charge < -0.3 is 19.8 Å². The number of furan rings is 1. The molecule has 1 fully saturated rings. The van der Waals surface area contributed by atoms with Crippen LogP contribution in [0, 0.1) is 5.92 Å². The van der Waals surface area contributed by atoms with E-state index in [0.29, 0.717) is 5.92 Å². The SMILES string of the molecule is c1ccc(CCNC(=NCC2CCOC2)NCCc2ccco2)cc1. The van der Waals surface area contributed by atoms with Crippen molar-refractivity contribution in [2.45, 2.75) is 19.3 Å². The molecule has 0 saturated carbocycles. The fraction of sp³-hybridized carbons (Fsp3) is 0.450. The molecule has 1 unspecified atom stereocenters. The molecule has 0 bridgehead atoms. The predicted octanol–water partition coefficient (Wildman–Crippen LogP) is 2.64. The second-order valence-electron chi connectivity index (χ2n) is 6.34. The van der Waals surface area contributed by atoms with Crippen molar-refractivity contribution in [3.63, 3.8) is 0 Å². The molecule has 1 aliphatic heterocycles. The van der Waals surface area contributed by atoms with Crippen LogP contribution in [0.15, 0.2) is 58.1 Å². The van der Waals surface area contributed by atoms with Crippen molar-refractivity contribution in [3.8, 4) is 0 Å². The van der Waals surface area contributed by atoms with E-state index in [2.05, 4.69) is 34.9 Å². The van der Waals surface area contributed by atoms with Crippen LogP contribution in [0.4, 0.5) is 0 Å². The van der Waals surface area contributed by atoms with Crippen LogP contribution < -0.4 is 10.6 Å². The Morgan fingerprint density at radius 1 is 1.04 bits per heavy atom. The molecule has 5 nitrogen and oxygen atoms in total. The fourth-order valence-electron chi connectivity index (χ4n) is 2.85. The molecule has 25 heavy (non-hydrogen) atoms. The minimum Gasteiger partial charge on any atom is -0.469 e. The number of benzene rings is 1. The first kappa shape index (κ1) is 17.5. The molecular formula is C20H27N3O2. The molecule has 1 aromatic carbocycles. The Labute approximate surface area is 149 Å². The summed E-state index contributed by atoms with van der Waals surface area (Å²) in [6.07, 6.45) is 4.64. The van der Waals surface area contributed by atoms with Crippen LogP contribution >= 0.6 is 0 Å². The number of nitrogens with zero attached hydrogens (tertiary/aromatic N) is 1. The molecule has 5 heteroatoms. The van der Waals surface area contributed by atoms with Gasteiger partial charge in [-0.2, -0.15) is 0 Å². The van der Waals surface area contributed by atoms with Crippen LogP contribution in [0.2, 0.25) is 0 Å². The molecular weight excluding hydrogens is 314 g/mol. The van der Waals surface area contributed by atoms with Gasteiger partial charge in [0.25, 0.3) is 0 Å². The van der Waals surface area contributed by atoms with E-state index in [-0.39, 0.29) is 0 Å². The van der Waals surface area contributed by atoms with Gasteiger partial charge in [0.05, 0.1) is 12.9 Å². The first-order valence-corrected chi connectivity index (χ1v) is 9.06. The van der Waals surface area contributed by atoms with E-state index in [4.69, 9.17) is 14.1 Å². The Balaban J connectivity index is 1.46. The van der Waals surface area contributed by atoms with E-state index in [1.165, 1.54) is 5.56 Å². The lowest BCUT2D eigenvalue weighted by Crippen LogP contribution is -2.39. The van der Waals surface area contributed by atoms with E-state index in [0.717, 1.165) is 63.8 Å². The van der Waals surface area contributed by atoms with Gasteiger partial charge >= 0.3 is 0 Å². The molecule has 134 valence electrons. The first-order valence-electron chi connectivity index (χ1n) is 9.06. The summed E-state index contributed by atoms with van der Waals surface area (Å²) in [6.45, 7) is 4.15. The second-order valence-corrected chi connectivity index (χ2v) is 6.34. The van der Waals surface area contributed by atoms with E-state index < -0.39 is 0 Å². The fourth-order valence-corrected chi connectivity index (χ4v) is 2.85. The first-order chi connectivity index (χ1) is 12.4. The highest BCUT2D eigenvalue weighted by Crippen LogP contribution is 2.12. The van der Waals surface area contributed by atoms with Crippen LogP contribution in [0.25, 0.3) is 0 Å². The zero-order valence-electron chi connectivity index (χ0n) is 14.6. The molecule has 0 amide bonds. The Hall–Kier alpha value is -2.27.